The summed E-state index contributed by atoms with van der Waals surface area (Å²) in [6.07, 6.45) is 1.83. The number of aromatic hydroxyl groups is 1. The molecule has 1 aromatic heterocycles. The molecule has 0 saturated carbocycles. The first-order chi connectivity index (χ1) is 13.5. The first-order valence-corrected chi connectivity index (χ1v) is 9.70. The third-order valence-corrected chi connectivity index (χ3v) is 5.66. The Labute approximate surface area is 169 Å². The third-order valence-electron chi connectivity index (χ3n) is 4.32. The van der Waals surface area contributed by atoms with Gasteiger partial charge in [-0.25, -0.2) is 14.8 Å². The summed E-state index contributed by atoms with van der Waals surface area (Å²) >= 11 is 6.48. The number of hydrogen-bond acceptors (Lipinski definition) is 6. The zero-order valence-corrected chi connectivity index (χ0v) is 16.2. The molecule has 0 unspecified atom stereocenters. The van der Waals surface area contributed by atoms with Crippen molar-refractivity contribution in [2.45, 2.75) is 12.5 Å². The molecule has 1 aliphatic heterocycles. The molecule has 1 aliphatic rings. The number of rotatable bonds is 5. The van der Waals surface area contributed by atoms with Crippen molar-refractivity contribution in [2.24, 2.45) is 9.98 Å². The van der Waals surface area contributed by atoms with E-state index < -0.39 is 12.0 Å². The zero-order valence-electron chi connectivity index (χ0n) is 14.5. The fourth-order valence-electron chi connectivity index (χ4n) is 3.00. The maximum Gasteiger partial charge on any atom is 0.327 e. The van der Waals surface area contributed by atoms with E-state index >= 15 is 0 Å². The summed E-state index contributed by atoms with van der Waals surface area (Å²) in [5.74, 6) is -0.808. The molecule has 0 spiro atoms. The van der Waals surface area contributed by atoms with Gasteiger partial charge in [-0.15, -0.1) is 11.3 Å². The Balaban J connectivity index is 1.73. The number of aliphatic carboxylic acids is 1. The number of carbonyl (C=O) groups is 1. The van der Waals surface area contributed by atoms with E-state index in [1.165, 1.54) is 4.57 Å². The highest BCUT2D eigenvalue weighted by atomic mass is 32.1. The SMILES string of the molecule is O=C(O)[C@@H](Cc1ccccc1)n1c(O)c(C=C2N=c3ccccc3=N2)sc1=S. The molecule has 1 atom stereocenters. The molecule has 140 valence electrons. The number of thiazole rings is 1. The van der Waals surface area contributed by atoms with Crippen LogP contribution < -0.4 is 10.7 Å². The van der Waals surface area contributed by atoms with Crippen LogP contribution in [-0.4, -0.2) is 20.7 Å². The number of para-hydroxylation sites is 2. The van der Waals surface area contributed by atoms with E-state index in [4.69, 9.17) is 12.2 Å². The van der Waals surface area contributed by atoms with E-state index in [0.29, 0.717) is 10.7 Å². The summed E-state index contributed by atoms with van der Waals surface area (Å²) in [6.45, 7) is 0. The van der Waals surface area contributed by atoms with Crippen LogP contribution in [0.4, 0.5) is 0 Å². The van der Waals surface area contributed by atoms with Crippen LogP contribution in [0.5, 0.6) is 5.88 Å². The van der Waals surface area contributed by atoms with Gasteiger partial charge in [0.15, 0.2) is 9.78 Å². The number of aromatic nitrogens is 1. The van der Waals surface area contributed by atoms with Gasteiger partial charge in [-0.05, 0) is 29.9 Å². The fourth-order valence-corrected chi connectivity index (χ4v) is 4.33. The normalized spacial score (nSPS) is 13.4. The molecule has 0 radical (unpaired) electrons. The van der Waals surface area contributed by atoms with Crippen LogP contribution >= 0.6 is 23.6 Å². The van der Waals surface area contributed by atoms with E-state index in [0.717, 1.165) is 27.6 Å². The summed E-state index contributed by atoms with van der Waals surface area (Å²) in [5, 5.41) is 21.9. The van der Waals surface area contributed by atoms with Crippen molar-refractivity contribution in [1.82, 2.24) is 4.57 Å². The second-order valence-electron chi connectivity index (χ2n) is 6.18. The molecule has 0 saturated heterocycles. The molecule has 6 nitrogen and oxygen atoms in total. The first kappa shape index (κ1) is 18.3. The van der Waals surface area contributed by atoms with Gasteiger partial charge in [-0.2, -0.15) is 0 Å². The Morgan fingerprint density at radius 2 is 1.71 bits per heavy atom. The van der Waals surface area contributed by atoms with Gasteiger partial charge >= 0.3 is 5.97 Å². The van der Waals surface area contributed by atoms with Crippen molar-refractivity contribution in [1.29, 1.82) is 0 Å². The molecule has 0 aliphatic carbocycles. The average Bonchev–Trinajstić information content (AvgIpc) is 3.21. The summed E-state index contributed by atoms with van der Waals surface area (Å²) in [5.41, 5.74) is 0.846. The zero-order chi connectivity index (χ0) is 19.7. The van der Waals surface area contributed by atoms with Crippen molar-refractivity contribution in [2.75, 3.05) is 0 Å². The molecular weight excluding hydrogens is 394 g/mol. The summed E-state index contributed by atoms with van der Waals surface area (Å²) < 4.78 is 1.56. The standard InChI is InChI=1S/C20H15N3O3S2/c24-18-16(11-17-21-13-8-4-5-9-14(13)22-17)28-20(27)23(18)15(19(25)26)10-12-6-2-1-3-7-12/h1-9,11,15,24H,10H2,(H,25,26)/t15-/m1/s1. The van der Waals surface area contributed by atoms with Gasteiger partial charge in [0.25, 0.3) is 0 Å². The minimum absolute atomic E-state index is 0.188. The van der Waals surface area contributed by atoms with Crippen LogP contribution in [0.15, 0.2) is 70.4 Å². The fraction of sp³-hybridized carbons (Fsp3) is 0.100. The largest absolute Gasteiger partial charge is 0.493 e. The highest BCUT2D eigenvalue weighted by molar-refractivity contribution is 7.73. The first-order valence-electron chi connectivity index (χ1n) is 8.48. The molecule has 0 fully saturated rings. The third kappa shape index (κ3) is 3.51. The number of nitrogens with zero attached hydrogens (tertiary/aromatic N) is 3. The molecule has 8 heteroatoms. The van der Waals surface area contributed by atoms with Gasteiger partial charge in [0, 0.05) is 12.5 Å². The smallest absolute Gasteiger partial charge is 0.327 e. The highest BCUT2D eigenvalue weighted by Crippen LogP contribution is 2.33. The number of hydrogen-bond donors (Lipinski definition) is 2. The van der Waals surface area contributed by atoms with Crippen LogP contribution in [-0.2, 0) is 11.2 Å². The second kappa shape index (κ2) is 7.49. The topological polar surface area (TPSA) is 87.2 Å². The van der Waals surface area contributed by atoms with Crippen LogP contribution in [0.25, 0.3) is 6.08 Å². The van der Waals surface area contributed by atoms with Gasteiger partial charge in [0.1, 0.15) is 6.04 Å². The van der Waals surface area contributed by atoms with Crippen molar-refractivity contribution in [3.8, 4) is 5.88 Å². The molecular formula is C20H15N3O3S2. The lowest BCUT2D eigenvalue weighted by Crippen LogP contribution is -2.21. The Bertz CT molecular complexity index is 1220. The maximum absolute atomic E-state index is 11.9. The summed E-state index contributed by atoms with van der Waals surface area (Å²) in [4.78, 5) is 21.1. The van der Waals surface area contributed by atoms with Crippen LogP contribution in [0.3, 0.4) is 0 Å². The maximum atomic E-state index is 11.9. The lowest BCUT2D eigenvalue weighted by Gasteiger charge is -2.15. The molecule has 2 aromatic carbocycles. The molecule has 2 N–H and O–H groups in total. The number of fused-ring (bicyclic) bond motifs is 1. The van der Waals surface area contributed by atoms with Gasteiger partial charge < -0.3 is 10.2 Å². The quantitative estimate of drug-likeness (QED) is 0.634. The predicted octanol–water partition coefficient (Wildman–Crippen LogP) is 3.10. The molecule has 28 heavy (non-hydrogen) atoms. The van der Waals surface area contributed by atoms with Gasteiger partial charge in [0.05, 0.1) is 15.6 Å². The van der Waals surface area contributed by atoms with Crippen LogP contribution in [0, 0.1) is 3.95 Å². The monoisotopic (exact) mass is 409 g/mol. The number of carboxylic acids is 1. The minimum Gasteiger partial charge on any atom is -0.493 e. The molecule has 2 heterocycles. The Morgan fingerprint density at radius 3 is 2.32 bits per heavy atom. The van der Waals surface area contributed by atoms with Crippen LogP contribution in [0.2, 0.25) is 0 Å². The predicted molar refractivity (Wildman–Crippen MR) is 108 cm³/mol. The Kier molecular flexibility index (Phi) is 4.89. The van der Waals surface area contributed by atoms with E-state index in [9.17, 15) is 15.0 Å². The van der Waals surface area contributed by atoms with Gasteiger partial charge in [0.2, 0.25) is 5.88 Å². The summed E-state index contributed by atoms with van der Waals surface area (Å²) in [7, 11) is 0. The lowest BCUT2D eigenvalue weighted by atomic mass is 10.1. The van der Waals surface area contributed by atoms with Gasteiger partial charge in [-0.1, -0.05) is 42.5 Å². The second-order valence-corrected chi connectivity index (χ2v) is 7.86. The molecule has 4 rings (SSSR count). The van der Waals surface area contributed by atoms with Gasteiger partial charge in [-0.3, -0.25) is 4.57 Å². The van der Waals surface area contributed by atoms with Crippen molar-refractivity contribution >= 4 is 35.6 Å². The average molecular weight is 409 g/mol. The van der Waals surface area contributed by atoms with E-state index in [1.807, 2.05) is 54.6 Å². The van der Waals surface area contributed by atoms with Crippen molar-refractivity contribution < 1.29 is 15.0 Å². The van der Waals surface area contributed by atoms with E-state index in [-0.39, 0.29) is 16.3 Å². The van der Waals surface area contributed by atoms with Crippen molar-refractivity contribution in [3.63, 3.8) is 0 Å². The molecule has 0 amide bonds. The Morgan fingerprint density at radius 1 is 1.11 bits per heavy atom. The number of carboxylic acid groups (broad SMARTS) is 1. The van der Waals surface area contributed by atoms with Crippen molar-refractivity contribution in [3.05, 3.63) is 85.5 Å². The van der Waals surface area contributed by atoms with Crippen LogP contribution in [0.1, 0.15) is 16.5 Å². The summed E-state index contributed by atoms with van der Waals surface area (Å²) in [6, 6.07) is 15.7. The van der Waals surface area contributed by atoms with E-state index in [1.54, 1.807) is 6.08 Å². The number of benzene rings is 2. The Hall–Kier alpha value is -3.10. The molecule has 0 bridgehead atoms. The lowest BCUT2D eigenvalue weighted by molar-refractivity contribution is -0.141. The minimum atomic E-state index is -1.06. The van der Waals surface area contributed by atoms with E-state index in [2.05, 4.69) is 9.98 Å². The molecule has 3 aromatic rings. The highest BCUT2D eigenvalue weighted by Gasteiger charge is 2.26.